The number of rotatable bonds is 10. The molecule has 0 radical (unpaired) electrons. The normalized spacial score (nSPS) is 32.9. The number of carboxylic acid groups (broad SMARTS) is 1. The third-order valence-corrected chi connectivity index (χ3v) is 7.58. The van der Waals surface area contributed by atoms with Crippen LogP contribution in [0.5, 0.6) is 0 Å². The molecule has 0 saturated carbocycles. The lowest BCUT2D eigenvalue weighted by molar-refractivity contribution is -0.347. The van der Waals surface area contributed by atoms with Crippen molar-refractivity contribution in [2.45, 2.75) is 90.2 Å². The molecule has 1 fully saturated rings. The van der Waals surface area contributed by atoms with Gasteiger partial charge in [0.15, 0.2) is 23.9 Å². The van der Waals surface area contributed by atoms with Crippen molar-refractivity contribution in [3.05, 3.63) is 35.6 Å². The van der Waals surface area contributed by atoms with Gasteiger partial charge in [-0.05, 0) is 19.1 Å². The molecule has 1 spiro atoms. The van der Waals surface area contributed by atoms with Crippen molar-refractivity contribution in [1.29, 1.82) is 0 Å². The molecule has 4 aliphatic rings. The van der Waals surface area contributed by atoms with Crippen molar-refractivity contribution < 1.29 is 81.3 Å². The Balaban J connectivity index is 1.76. The summed E-state index contributed by atoms with van der Waals surface area (Å²) in [4.78, 5) is 84.9. The molecule has 3 aliphatic heterocycles. The first-order valence-electron chi connectivity index (χ1n) is 14.4. The molecule has 256 valence electrons. The second-order valence-electron chi connectivity index (χ2n) is 11.1. The van der Waals surface area contributed by atoms with E-state index in [1.54, 1.807) is 0 Å². The van der Waals surface area contributed by atoms with Crippen LogP contribution in [0.3, 0.4) is 0 Å². The monoisotopic (exact) mass is 666 g/mol. The second kappa shape index (κ2) is 13.9. The van der Waals surface area contributed by atoms with Crippen LogP contribution in [-0.4, -0.2) is 102 Å². The highest BCUT2D eigenvalue weighted by Crippen LogP contribution is 2.51. The standard InChI is InChI=1S/C30H34O17/c1-12(41-14(3)32)19-9-30(47-27(19)38)8-7-18-20(26(36)37)10-40-28(22(18)30)46-29-25(44-17(6)35)24(43-16(5)34)23(42-15(4)33)21(45-29)11-39-13(2)31/h7-10,12,18,21-25,28-29H,11H2,1-6H3,(H,36,37)/t12-,18+,21+,22+,23+,24-,25+,28-,29-,30+/m0/s1. The zero-order valence-electron chi connectivity index (χ0n) is 26.2. The molecular formula is C30H34O17. The van der Waals surface area contributed by atoms with Crippen molar-refractivity contribution in [2.24, 2.45) is 11.8 Å². The van der Waals surface area contributed by atoms with Crippen LogP contribution < -0.4 is 0 Å². The number of carbonyl (C=O) groups excluding carboxylic acids is 6. The van der Waals surface area contributed by atoms with Crippen LogP contribution in [0.25, 0.3) is 0 Å². The molecule has 0 aromatic carbocycles. The van der Waals surface area contributed by atoms with Crippen molar-refractivity contribution in [1.82, 2.24) is 0 Å². The molecule has 4 rings (SSSR count). The van der Waals surface area contributed by atoms with Crippen molar-refractivity contribution >= 4 is 41.8 Å². The number of aliphatic carboxylic acids is 1. The molecule has 1 saturated heterocycles. The van der Waals surface area contributed by atoms with Gasteiger partial charge in [0.25, 0.3) is 0 Å². The smallest absolute Gasteiger partial charge is 0.338 e. The molecule has 1 N–H and O–H groups in total. The minimum absolute atomic E-state index is 0.0250. The molecule has 3 heterocycles. The minimum atomic E-state index is -1.70. The zero-order chi connectivity index (χ0) is 34.8. The minimum Gasteiger partial charge on any atom is -0.478 e. The van der Waals surface area contributed by atoms with E-state index in [4.69, 9.17) is 42.6 Å². The zero-order valence-corrected chi connectivity index (χ0v) is 26.2. The Hall–Kier alpha value is -4.77. The first kappa shape index (κ1) is 35.1. The van der Waals surface area contributed by atoms with Crippen LogP contribution in [0.15, 0.2) is 35.6 Å². The van der Waals surface area contributed by atoms with E-state index in [0.717, 1.165) is 40.9 Å². The molecular weight excluding hydrogens is 632 g/mol. The number of carbonyl (C=O) groups is 7. The summed E-state index contributed by atoms with van der Waals surface area (Å²) in [5, 5.41) is 9.90. The third-order valence-electron chi connectivity index (χ3n) is 7.58. The number of fused-ring (bicyclic) bond motifs is 2. The van der Waals surface area contributed by atoms with Gasteiger partial charge in [-0.25, -0.2) is 9.59 Å². The Labute approximate surface area is 267 Å². The van der Waals surface area contributed by atoms with Gasteiger partial charge in [-0.2, -0.15) is 0 Å². The van der Waals surface area contributed by atoms with Gasteiger partial charge in [0.05, 0.1) is 23.3 Å². The van der Waals surface area contributed by atoms with E-state index in [0.29, 0.717) is 0 Å². The highest BCUT2D eigenvalue weighted by molar-refractivity contribution is 5.94. The number of ether oxygens (including phenoxy) is 9. The SMILES string of the molecule is CC(=O)OC[C@H]1O[C@@H](O[C@@H]2OC=C(C(=O)O)[C@H]3C=C[C@@]4(C=C([C@H](C)OC(C)=O)C(=O)O4)[C@@H]23)[C@H](OC(C)=O)[C@@H](OC(C)=O)[C@@H]1OC(C)=O. The number of carboxylic acids is 1. The fourth-order valence-corrected chi connectivity index (χ4v) is 5.88. The molecule has 47 heavy (non-hydrogen) atoms. The van der Waals surface area contributed by atoms with E-state index < -0.39 is 109 Å². The summed E-state index contributed by atoms with van der Waals surface area (Å²) in [6.45, 7) is 6.38. The number of allylic oxidation sites excluding steroid dienone is 1. The molecule has 0 aromatic rings. The number of hydrogen-bond acceptors (Lipinski definition) is 16. The molecule has 0 unspecified atom stereocenters. The molecule has 0 amide bonds. The van der Waals surface area contributed by atoms with Gasteiger partial charge in [0.1, 0.15) is 18.8 Å². The topological polar surface area (TPSA) is 223 Å². The lowest BCUT2D eigenvalue weighted by Gasteiger charge is -2.46. The molecule has 0 aromatic heterocycles. The lowest BCUT2D eigenvalue weighted by atomic mass is 9.78. The van der Waals surface area contributed by atoms with E-state index >= 15 is 0 Å². The largest absolute Gasteiger partial charge is 0.478 e. The Bertz CT molecular complexity index is 1430. The van der Waals surface area contributed by atoms with E-state index in [2.05, 4.69) is 0 Å². The molecule has 17 heteroatoms. The summed E-state index contributed by atoms with van der Waals surface area (Å²) in [5.41, 5.74) is -1.90. The average Bonchev–Trinajstić information content (AvgIpc) is 3.49. The predicted octanol–water partition coefficient (Wildman–Crippen LogP) is 0.387. The van der Waals surface area contributed by atoms with Gasteiger partial charge in [0.2, 0.25) is 12.6 Å². The Kier molecular flexibility index (Phi) is 10.4. The summed E-state index contributed by atoms with van der Waals surface area (Å²) in [6, 6.07) is 0. The highest BCUT2D eigenvalue weighted by Gasteiger charge is 2.61. The van der Waals surface area contributed by atoms with E-state index in [-0.39, 0.29) is 11.1 Å². The molecule has 0 bridgehead atoms. The van der Waals surface area contributed by atoms with Gasteiger partial charge < -0.3 is 47.7 Å². The fourth-order valence-electron chi connectivity index (χ4n) is 5.88. The van der Waals surface area contributed by atoms with Crippen molar-refractivity contribution in [3.63, 3.8) is 0 Å². The summed E-state index contributed by atoms with van der Waals surface area (Å²) in [6.07, 6.45) is -4.95. The maximum atomic E-state index is 13.0. The second-order valence-corrected chi connectivity index (χ2v) is 11.1. The quantitative estimate of drug-likeness (QED) is 0.189. The first-order chi connectivity index (χ1) is 22.0. The van der Waals surface area contributed by atoms with Crippen LogP contribution in [0.1, 0.15) is 41.5 Å². The van der Waals surface area contributed by atoms with Crippen molar-refractivity contribution in [3.8, 4) is 0 Å². The van der Waals surface area contributed by atoms with E-state index in [1.165, 1.54) is 25.2 Å². The first-order valence-corrected chi connectivity index (χ1v) is 14.4. The highest BCUT2D eigenvalue weighted by atomic mass is 16.8. The summed E-state index contributed by atoms with van der Waals surface area (Å²) in [5.74, 6) is -8.25. The maximum absolute atomic E-state index is 13.0. The van der Waals surface area contributed by atoms with Crippen molar-refractivity contribution in [2.75, 3.05) is 6.61 Å². The lowest BCUT2D eigenvalue weighted by Crippen LogP contribution is -2.64. The number of hydrogen-bond donors (Lipinski definition) is 1. The Morgan fingerprint density at radius 3 is 2.06 bits per heavy atom. The van der Waals surface area contributed by atoms with Crippen LogP contribution in [0.2, 0.25) is 0 Å². The maximum Gasteiger partial charge on any atom is 0.338 e. The van der Waals surface area contributed by atoms with Gasteiger partial charge in [0, 0.05) is 40.5 Å². The molecule has 10 atom stereocenters. The van der Waals surface area contributed by atoms with Gasteiger partial charge in [-0.15, -0.1) is 0 Å². The third kappa shape index (κ3) is 7.62. The van der Waals surface area contributed by atoms with Gasteiger partial charge in [-0.1, -0.05) is 6.08 Å². The fraction of sp³-hybridized carbons (Fsp3) is 0.567. The van der Waals surface area contributed by atoms with Gasteiger partial charge in [-0.3, -0.25) is 24.0 Å². The van der Waals surface area contributed by atoms with E-state index in [1.807, 2.05) is 0 Å². The summed E-state index contributed by atoms with van der Waals surface area (Å²) < 4.78 is 50.2. The Morgan fingerprint density at radius 2 is 1.49 bits per heavy atom. The summed E-state index contributed by atoms with van der Waals surface area (Å²) in [7, 11) is 0. The Morgan fingerprint density at radius 1 is 0.872 bits per heavy atom. The number of esters is 6. The van der Waals surface area contributed by atoms with Crippen LogP contribution in [-0.2, 0) is 76.2 Å². The van der Waals surface area contributed by atoms with Gasteiger partial charge >= 0.3 is 41.8 Å². The van der Waals surface area contributed by atoms with Crippen LogP contribution >= 0.6 is 0 Å². The van der Waals surface area contributed by atoms with Crippen LogP contribution in [0, 0.1) is 11.8 Å². The van der Waals surface area contributed by atoms with E-state index in [9.17, 15) is 38.7 Å². The molecule has 17 nitrogen and oxygen atoms in total. The average molecular weight is 667 g/mol. The molecule has 1 aliphatic carbocycles. The van der Waals surface area contributed by atoms with Crippen LogP contribution in [0.4, 0.5) is 0 Å². The summed E-state index contributed by atoms with van der Waals surface area (Å²) >= 11 is 0. The predicted molar refractivity (Wildman–Crippen MR) is 148 cm³/mol.